The van der Waals surface area contributed by atoms with Gasteiger partial charge in [-0.15, -0.1) is 0 Å². The lowest BCUT2D eigenvalue weighted by Gasteiger charge is -2.12. The van der Waals surface area contributed by atoms with E-state index in [1.807, 2.05) is 25.1 Å². The van der Waals surface area contributed by atoms with Crippen molar-refractivity contribution in [3.8, 4) is 0 Å². The Morgan fingerprint density at radius 2 is 2.00 bits per heavy atom. The van der Waals surface area contributed by atoms with E-state index in [0.29, 0.717) is 5.82 Å². The highest BCUT2D eigenvalue weighted by atomic mass is 79.9. The normalized spacial score (nSPS) is 10.4. The smallest absolute Gasteiger partial charge is 0.150 e. The molecular formula is C14H16BrClN4. The predicted octanol–water partition coefficient (Wildman–Crippen LogP) is 4.77. The lowest BCUT2D eigenvalue weighted by molar-refractivity contribution is 0.962. The zero-order chi connectivity index (χ0) is 14.5. The molecule has 1 aromatic carbocycles. The Morgan fingerprint density at radius 3 is 2.70 bits per heavy atom. The van der Waals surface area contributed by atoms with Crippen LogP contribution in [0.5, 0.6) is 0 Å². The van der Waals surface area contributed by atoms with Crippen LogP contribution in [0.25, 0.3) is 0 Å². The van der Waals surface area contributed by atoms with Gasteiger partial charge in [0.1, 0.15) is 22.4 Å². The van der Waals surface area contributed by atoms with Crippen molar-refractivity contribution in [3.63, 3.8) is 0 Å². The molecule has 0 fully saturated rings. The highest BCUT2D eigenvalue weighted by Crippen LogP contribution is 2.30. The second kappa shape index (κ2) is 6.90. The van der Waals surface area contributed by atoms with Crippen LogP contribution in [0.3, 0.4) is 0 Å². The third kappa shape index (κ3) is 3.61. The van der Waals surface area contributed by atoms with E-state index in [1.54, 1.807) is 0 Å². The van der Waals surface area contributed by atoms with Crippen molar-refractivity contribution in [2.75, 3.05) is 17.2 Å². The zero-order valence-corrected chi connectivity index (χ0v) is 13.7. The minimum absolute atomic E-state index is 0.707. The first-order valence-corrected chi connectivity index (χ1v) is 7.56. The average molecular weight is 356 g/mol. The molecule has 1 aromatic heterocycles. The van der Waals surface area contributed by atoms with Crippen LogP contribution in [0.2, 0.25) is 5.02 Å². The van der Waals surface area contributed by atoms with E-state index in [-0.39, 0.29) is 0 Å². The number of aryl methyl sites for hydroxylation is 1. The first-order valence-electron chi connectivity index (χ1n) is 6.39. The molecule has 2 aromatic rings. The molecule has 0 atom stereocenters. The van der Waals surface area contributed by atoms with Crippen molar-refractivity contribution in [3.05, 3.63) is 39.6 Å². The molecule has 2 N–H and O–H groups in total. The van der Waals surface area contributed by atoms with Crippen molar-refractivity contribution >= 4 is 44.9 Å². The summed E-state index contributed by atoms with van der Waals surface area (Å²) in [7, 11) is 0. The summed E-state index contributed by atoms with van der Waals surface area (Å²) >= 11 is 9.64. The van der Waals surface area contributed by atoms with Crippen molar-refractivity contribution in [1.29, 1.82) is 0 Å². The van der Waals surface area contributed by atoms with E-state index in [0.717, 1.165) is 39.5 Å². The van der Waals surface area contributed by atoms with Crippen molar-refractivity contribution in [2.24, 2.45) is 0 Å². The number of hydrogen-bond donors (Lipinski definition) is 2. The van der Waals surface area contributed by atoms with Crippen LogP contribution in [-0.4, -0.2) is 16.5 Å². The van der Waals surface area contributed by atoms with Gasteiger partial charge in [-0.3, -0.25) is 0 Å². The molecule has 0 aliphatic rings. The number of benzene rings is 1. The Balaban J connectivity index is 2.22. The van der Waals surface area contributed by atoms with E-state index >= 15 is 0 Å². The van der Waals surface area contributed by atoms with Crippen LogP contribution in [0.4, 0.5) is 17.3 Å². The van der Waals surface area contributed by atoms with E-state index in [4.69, 9.17) is 11.6 Å². The van der Waals surface area contributed by atoms with Crippen molar-refractivity contribution < 1.29 is 0 Å². The monoisotopic (exact) mass is 354 g/mol. The van der Waals surface area contributed by atoms with Gasteiger partial charge in [-0.05, 0) is 47.0 Å². The summed E-state index contributed by atoms with van der Waals surface area (Å²) in [5, 5.41) is 7.21. The fraction of sp³-hybridized carbons (Fsp3) is 0.286. The van der Waals surface area contributed by atoms with Crippen LogP contribution >= 0.6 is 27.5 Å². The minimum atomic E-state index is 0.707. The molecule has 106 valence electrons. The minimum Gasteiger partial charge on any atom is -0.369 e. The average Bonchev–Trinajstić information content (AvgIpc) is 2.44. The summed E-state index contributed by atoms with van der Waals surface area (Å²) in [4.78, 5) is 8.46. The first kappa shape index (κ1) is 15.1. The lowest BCUT2D eigenvalue weighted by atomic mass is 10.2. The van der Waals surface area contributed by atoms with Gasteiger partial charge in [-0.1, -0.05) is 24.6 Å². The number of anilines is 3. The van der Waals surface area contributed by atoms with Gasteiger partial charge in [0.2, 0.25) is 0 Å². The van der Waals surface area contributed by atoms with Crippen molar-refractivity contribution in [2.45, 2.75) is 20.3 Å². The molecule has 0 amide bonds. The molecule has 0 aliphatic carbocycles. The SMILES string of the molecule is CCCNc1ncnc(Nc2ccc(C)c(Cl)c2)c1Br. The van der Waals surface area contributed by atoms with Crippen LogP contribution in [0.1, 0.15) is 18.9 Å². The molecule has 0 saturated heterocycles. The summed E-state index contributed by atoms with van der Waals surface area (Å²) in [6.45, 7) is 4.94. The number of hydrogen-bond acceptors (Lipinski definition) is 4. The van der Waals surface area contributed by atoms with Crippen LogP contribution < -0.4 is 10.6 Å². The number of halogens is 2. The Kier molecular flexibility index (Phi) is 5.20. The molecular weight excluding hydrogens is 340 g/mol. The highest BCUT2D eigenvalue weighted by molar-refractivity contribution is 9.10. The van der Waals surface area contributed by atoms with Gasteiger partial charge in [0.05, 0.1) is 0 Å². The van der Waals surface area contributed by atoms with Crippen LogP contribution in [0.15, 0.2) is 29.0 Å². The molecule has 0 unspecified atom stereocenters. The highest BCUT2D eigenvalue weighted by Gasteiger charge is 2.09. The molecule has 4 nitrogen and oxygen atoms in total. The third-order valence-corrected chi connectivity index (χ3v) is 3.92. The Bertz CT molecular complexity index is 604. The molecule has 0 saturated carbocycles. The second-order valence-corrected chi connectivity index (χ2v) is 5.60. The van der Waals surface area contributed by atoms with Gasteiger partial charge >= 0.3 is 0 Å². The lowest BCUT2D eigenvalue weighted by Crippen LogP contribution is -2.05. The van der Waals surface area contributed by atoms with Gasteiger partial charge in [0.25, 0.3) is 0 Å². The quantitative estimate of drug-likeness (QED) is 0.811. The van der Waals surface area contributed by atoms with Gasteiger partial charge in [-0.2, -0.15) is 0 Å². The van der Waals surface area contributed by atoms with Gasteiger partial charge in [0, 0.05) is 17.3 Å². The molecule has 0 aliphatic heterocycles. The Labute approximate surface area is 132 Å². The number of nitrogens with one attached hydrogen (secondary N) is 2. The maximum atomic E-state index is 6.12. The zero-order valence-electron chi connectivity index (χ0n) is 11.4. The van der Waals surface area contributed by atoms with Gasteiger partial charge < -0.3 is 10.6 Å². The van der Waals surface area contributed by atoms with E-state index < -0.39 is 0 Å². The summed E-state index contributed by atoms with van der Waals surface area (Å²) in [6.07, 6.45) is 2.56. The number of rotatable bonds is 5. The summed E-state index contributed by atoms with van der Waals surface area (Å²) in [6, 6.07) is 5.81. The van der Waals surface area contributed by atoms with Crippen LogP contribution in [0, 0.1) is 6.92 Å². The maximum absolute atomic E-state index is 6.12. The fourth-order valence-electron chi connectivity index (χ4n) is 1.63. The molecule has 20 heavy (non-hydrogen) atoms. The largest absolute Gasteiger partial charge is 0.369 e. The molecule has 6 heteroatoms. The standard InChI is InChI=1S/C14H16BrClN4/c1-3-6-17-13-12(15)14(19-8-18-13)20-10-5-4-9(2)11(16)7-10/h4-5,7-8H,3,6H2,1-2H3,(H2,17,18,19,20). The third-order valence-electron chi connectivity index (χ3n) is 2.77. The number of nitrogens with zero attached hydrogens (tertiary/aromatic N) is 2. The summed E-state index contributed by atoms with van der Waals surface area (Å²) < 4.78 is 0.810. The molecule has 1 heterocycles. The molecule has 0 spiro atoms. The van der Waals surface area contributed by atoms with Gasteiger partial charge in [-0.25, -0.2) is 9.97 Å². The topological polar surface area (TPSA) is 49.8 Å². The predicted molar refractivity (Wildman–Crippen MR) is 88.0 cm³/mol. The summed E-state index contributed by atoms with van der Waals surface area (Å²) in [5.74, 6) is 1.49. The van der Waals surface area contributed by atoms with Crippen molar-refractivity contribution in [1.82, 2.24) is 9.97 Å². The first-order chi connectivity index (χ1) is 9.61. The summed E-state index contributed by atoms with van der Waals surface area (Å²) in [5.41, 5.74) is 1.94. The van der Waals surface area contributed by atoms with E-state index in [9.17, 15) is 0 Å². The second-order valence-electron chi connectivity index (χ2n) is 4.40. The fourth-order valence-corrected chi connectivity index (χ4v) is 2.26. The molecule has 0 bridgehead atoms. The van der Waals surface area contributed by atoms with Gasteiger partial charge in [0.15, 0.2) is 0 Å². The van der Waals surface area contributed by atoms with E-state index in [2.05, 4.69) is 43.5 Å². The van der Waals surface area contributed by atoms with Crippen LogP contribution in [-0.2, 0) is 0 Å². The molecule has 0 radical (unpaired) electrons. The van der Waals surface area contributed by atoms with E-state index in [1.165, 1.54) is 6.33 Å². The maximum Gasteiger partial charge on any atom is 0.150 e. The Morgan fingerprint density at radius 1 is 1.25 bits per heavy atom. The number of aromatic nitrogens is 2. The Hall–Kier alpha value is -1.33. The molecule has 2 rings (SSSR count).